The van der Waals surface area contributed by atoms with Gasteiger partial charge in [0.15, 0.2) is 0 Å². The van der Waals surface area contributed by atoms with Gasteiger partial charge in [-0.1, -0.05) is 12.8 Å². The maximum absolute atomic E-state index is 11.4. The average Bonchev–Trinajstić information content (AvgIpc) is 2.94. The zero-order chi connectivity index (χ0) is 13.7. The van der Waals surface area contributed by atoms with E-state index in [2.05, 4.69) is 15.0 Å². The number of rotatable bonds is 5. The summed E-state index contributed by atoms with van der Waals surface area (Å²) in [5, 5.41) is 12.8. The van der Waals surface area contributed by atoms with Gasteiger partial charge in [-0.3, -0.25) is 0 Å². The fourth-order valence-electron chi connectivity index (χ4n) is 2.56. The number of aliphatic hydroxyl groups excluding tert-OH is 1. The lowest BCUT2D eigenvalue weighted by Gasteiger charge is -2.27. The summed E-state index contributed by atoms with van der Waals surface area (Å²) in [6, 6.07) is 3.48. The molecule has 2 rings (SSSR count). The first-order chi connectivity index (χ1) is 9.19. The lowest BCUT2D eigenvalue weighted by Crippen LogP contribution is -2.30. The summed E-state index contributed by atoms with van der Waals surface area (Å²) in [7, 11) is 1.34. The minimum Gasteiger partial charge on any atom is -0.464 e. The number of hydrogen-bond donors (Lipinski definition) is 2. The Morgan fingerprint density at radius 1 is 1.53 bits per heavy atom. The van der Waals surface area contributed by atoms with Gasteiger partial charge in [0.25, 0.3) is 0 Å². The van der Waals surface area contributed by atoms with E-state index in [0.29, 0.717) is 6.54 Å². The van der Waals surface area contributed by atoms with E-state index in [1.807, 2.05) is 6.07 Å². The van der Waals surface area contributed by atoms with E-state index in [9.17, 15) is 9.90 Å². The van der Waals surface area contributed by atoms with Gasteiger partial charge in [-0.2, -0.15) is 0 Å². The fourth-order valence-corrected chi connectivity index (χ4v) is 2.56. The Bertz CT molecular complexity index is 442. The largest absolute Gasteiger partial charge is 0.464 e. The molecule has 1 aromatic heterocycles. The molecule has 1 aliphatic carbocycles. The van der Waals surface area contributed by atoms with Gasteiger partial charge >= 0.3 is 5.97 Å². The number of ether oxygens (including phenoxy) is 1. The number of nitrogens with zero attached hydrogens (tertiary/aromatic N) is 1. The molecule has 0 atom stereocenters. The molecule has 5 nitrogen and oxygen atoms in total. The minimum atomic E-state index is -0.443. The number of carbonyl (C=O) groups is 1. The normalized spacial score (nSPS) is 17.2. The highest BCUT2D eigenvalue weighted by molar-refractivity contribution is 5.88. The van der Waals surface area contributed by atoms with Crippen molar-refractivity contribution in [3.8, 4) is 0 Å². The van der Waals surface area contributed by atoms with Crippen LogP contribution in [0, 0.1) is 5.41 Å². The van der Waals surface area contributed by atoms with E-state index in [-0.39, 0.29) is 17.7 Å². The molecule has 0 aliphatic heterocycles. The monoisotopic (exact) mass is 264 g/mol. The van der Waals surface area contributed by atoms with E-state index in [4.69, 9.17) is 0 Å². The van der Waals surface area contributed by atoms with Crippen molar-refractivity contribution >= 4 is 11.7 Å². The van der Waals surface area contributed by atoms with Crippen LogP contribution in [0.15, 0.2) is 18.3 Å². The number of pyridine rings is 1. The van der Waals surface area contributed by atoms with Crippen molar-refractivity contribution < 1.29 is 14.6 Å². The molecule has 104 valence electrons. The molecule has 1 fully saturated rings. The van der Waals surface area contributed by atoms with Crippen LogP contribution in [-0.4, -0.2) is 36.3 Å². The summed E-state index contributed by atoms with van der Waals surface area (Å²) in [5.74, 6) is -0.443. The van der Waals surface area contributed by atoms with Crippen LogP contribution in [0.25, 0.3) is 0 Å². The Morgan fingerprint density at radius 2 is 2.26 bits per heavy atom. The van der Waals surface area contributed by atoms with E-state index in [1.165, 1.54) is 20.0 Å². The Hall–Kier alpha value is -1.62. The first-order valence-corrected chi connectivity index (χ1v) is 6.58. The summed E-state index contributed by atoms with van der Waals surface area (Å²) < 4.78 is 4.64. The van der Waals surface area contributed by atoms with Crippen molar-refractivity contribution in [2.45, 2.75) is 25.7 Å². The second kappa shape index (κ2) is 6.02. The Kier molecular flexibility index (Phi) is 4.37. The second-order valence-corrected chi connectivity index (χ2v) is 5.14. The smallest absolute Gasteiger partial charge is 0.356 e. The number of methoxy groups -OCH3 is 1. The Morgan fingerprint density at radius 3 is 2.89 bits per heavy atom. The van der Waals surface area contributed by atoms with Crippen molar-refractivity contribution in [1.29, 1.82) is 0 Å². The topological polar surface area (TPSA) is 71.5 Å². The zero-order valence-corrected chi connectivity index (χ0v) is 11.2. The summed E-state index contributed by atoms with van der Waals surface area (Å²) in [6.07, 6.45) is 6.02. The number of aliphatic hydroxyl groups is 1. The molecule has 1 aromatic rings. The molecule has 0 unspecified atom stereocenters. The number of esters is 1. The highest BCUT2D eigenvalue weighted by atomic mass is 16.5. The van der Waals surface area contributed by atoms with Crippen molar-refractivity contribution in [2.75, 3.05) is 25.6 Å². The third-order valence-electron chi connectivity index (χ3n) is 3.82. The van der Waals surface area contributed by atoms with Crippen LogP contribution in [0.3, 0.4) is 0 Å². The number of aromatic nitrogens is 1. The SMILES string of the molecule is COC(=O)c1cc(NCC2(CO)CCCC2)ccn1. The van der Waals surface area contributed by atoms with Crippen LogP contribution in [0.4, 0.5) is 5.69 Å². The van der Waals surface area contributed by atoms with Crippen LogP contribution >= 0.6 is 0 Å². The van der Waals surface area contributed by atoms with Gasteiger partial charge in [-0.05, 0) is 25.0 Å². The number of hydrogen-bond acceptors (Lipinski definition) is 5. The minimum absolute atomic E-state index is 0.0191. The molecule has 2 N–H and O–H groups in total. The lowest BCUT2D eigenvalue weighted by atomic mass is 9.87. The quantitative estimate of drug-likeness (QED) is 0.794. The number of nitrogens with one attached hydrogen (secondary N) is 1. The predicted molar refractivity (Wildman–Crippen MR) is 72.1 cm³/mol. The third-order valence-corrected chi connectivity index (χ3v) is 3.82. The van der Waals surface area contributed by atoms with Crippen molar-refractivity contribution in [3.05, 3.63) is 24.0 Å². The van der Waals surface area contributed by atoms with Gasteiger partial charge in [0.1, 0.15) is 5.69 Å². The molecule has 1 saturated carbocycles. The molecule has 0 bridgehead atoms. The molecule has 19 heavy (non-hydrogen) atoms. The van der Waals surface area contributed by atoms with Crippen LogP contribution in [0.2, 0.25) is 0 Å². The molecule has 0 aromatic carbocycles. The number of anilines is 1. The molecular formula is C14H20N2O3. The molecule has 1 heterocycles. The maximum Gasteiger partial charge on any atom is 0.356 e. The zero-order valence-electron chi connectivity index (χ0n) is 11.2. The van der Waals surface area contributed by atoms with Crippen LogP contribution < -0.4 is 5.32 Å². The van der Waals surface area contributed by atoms with Crippen molar-refractivity contribution in [2.24, 2.45) is 5.41 Å². The van der Waals surface area contributed by atoms with Crippen molar-refractivity contribution in [3.63, 3.8) is 0 Å². The molecular weight excluding hydrogens is 244 g/mol. The van der Waals surface area contributed by atoms with E-state index in [1.54, 1.807) is 12.3 Å². The van der Waals surface area contributed by atoms with E-state index in [0.717, 1.165) is 18.5 Å². The van der Waals surface area contributed by atoms with Crippen LogP contribution in [0.1, 0.15) is 36.2 Å². The van der Waals surface area contributed by atoms with Gasteiger partial charge in [0, 0.05) is 23.8 Å². The van der Waals surface area contributed by atoms with Gasteiger partial charge in [0.2, 0.25) is 0 Å². The van der Waals surface area contributed by atoms with Crippen LogP contribution in [0.5, 0.6) is 0 Å². The van der Waals surface area contributed by atoms with Gasteiger partial charge in [0.05, 0.1) is 13.7 Å². The molecule has 0 radical (unpaired) electrons. The van der Waals surface area contributed by atoms with Crippen LogP contribution in [-0.2, 0) is 4.74 Å². The van der Waals surface area contributed by atoms with Crippen molar-refractivity contribution in [1.82, 2.24) is 4.98 Å². The molecule has 0 saturated heterocycles. The summed E-state index contributed by atoms with van der Waals surface area (Å²) in [4.78, 5) is 15.4. The fraction of sp³-hybridized carbons (Fsp3) is 0.571. The molecule has 0 amide bonds. The van der Waals surface area contributed by atoms with E-state index >= 15 is 0 Å². The van der Waals surface area contributed by atoms with Gasteiger partial charge < -0.3 is 15.2 Å². The second-order valence-electron chi connectivity index (χ2n) is 5.14. The average molecular weight is 264 g/mol. The Labute approximate surface area is 113 Å². The first kappa shape index (κ1) is 13.8. The summed E-state index contributed by atoms with van der Waals surface area (Å²) in [6.45, 7) is 0.920. The molecule has 0 spiro atoms. The highest BCUT2D eigenvalue weighted by Crippen LogP contribution is 2.37. The van der Waals surface area contributed by atoms with E-state index < -0.39 is 5.97 Å². The molecule has 1 aliphatic rings. The maximum atomic E-state index is 11.4. The predicted octanol–water partition coefficient (Wildman–Crippen LogP) is 1.83. The Balaban J connectivity index is 2.01. The summed E-state index contributed by atoms with van der Waals surface area (Å²) in [5.41, 5.74) is 1.10. The highest BCUT2D eigenvalue weighted by Gasteiger charge is 2.32. The third kappa shape index (κ3) is 3.23. The standard InChI is InChI=1S/C14H20N2O3/c1-19-13(18)12-8-11(4-7-15-12)16-9-14(10-17)5-2-3-6-14/h4,7-8,17H,2-3,5-6,9-10H2,1H3,(H,15,16). The van der Waals surface area contributed by atoms with Gasteiger partial charge in [-0.25, -0.2) is 9.78 Å². The lowest BCUT2D eigenvalue weighted by molar-refractivity contribution is 0.0594. The van der Waals surface area contributed by atoms with Gasteiger partial charge in [-0.15, -0.1) is 0 Å². The number of carbonyl (C=O) groups excluding carboxylic acids is 1. The molecule has 5 heteroatoms. The first-order valence-electron chi connectivity index (χ1n) is 6.58. The summed E-state index contributed by atoms with van der Waals surface area (Å²) >= 11 is 0.